The average Bonchev–Trinajstić information content (AvgIpc) is 2.51. The number of rotatable bonds is 4. The van der Waals surface area contributed by atoms with Gasteiger partial charge in [-0.05, 0) is 35.9 Å². The molecule has 5 nitrogen and oxygen atoms in total. The third kappa shape index (κ3) is 3.51. The van der Waals surface area contributed by atoms with Crippen LogP contribution in [0.1, 0.15) is 15.9 Å². The predicted octanol–water partition coefficient (Wildman–Crippen LogP) is 2.44. The molecule has 0 unspecified atom stereocenters. The summed E-state index contributed by atoms with van der Waals surface area (Å²) in [6.45, 7) is 0. The molecule has 0 fully saturated rings. The molecule has 0 saturated heterocycles. The third-order valence-corrected chi connectivity index (χ3v) is 3.06. The summed E-state index contributed by atoms with van der Waals surface area (Å²) in [4.78, 5) is 11.6. The fourth-order valence-corrected chi connectivity index (χ4v) is 1.90. The number of carbonyl (C=O) groups excluding carboxylic acids is 1. The first-order valence-corrected chi connectivity index (χ1v) is 6.48. The smallest absolute Gasteiger partial charge is 0.251 e. The van der Waals surface area contributed by atoms with Crippen LogP contribution in [0.25, 0.3) is 0 Å². The minimum absolute atomic E-state index is 0.164. The summed E-state index contributed by atoms with van der Waals surface area (Å²) in [5.74, 6) is -0.164. The van der Waals surface area contributed by atoms with Gasteiger partial charge in [0.25, 0.3) is 5.91 Å². The summed E-state index contributed by atoms with van der Waals surface area (Å²) in [5, 5.41) is 14.4. The van der Waals surface area contributed by atoms with E-state index in [0.29, 0.717) is 23.4 Å². The van der Waals surface area contributed by atoms with Crippen LogP contribution >= 0.6 is 0 Å². The lowest BCUT2D eigenvalue weighted by molar-refractivity contribution is 0.0963. The molecule has 2 rings (SSSR count). The van der Waals surface area contributed by atoms with Gasteiger partial charge in [-0.3, -0.25) is 4.79 Å². The molecule has 0 saturated carbocycles. The molecule has 2 aromatic carbocycles. The van der Waals surface area contributed by atoms with E-state index in [1.54, 1.807) is 25.2 Å². The molecule has 2 aromatic rings. The molecule has 4 N–H and O–H groups in total. The minimum Gasteiger partial charge on any atom is -0.397 e. The number of nitriles is 1. The second-order valence-corrected chi connectivity index (χ2v) is 4.54. The fraction of sp³-hybridized carbons (Fsp3) is 0.125. The maximum Gasteiger partial charge on any atom is 0.251 e. The van der Waals surface area contributed by atoms with Crippen LogP contribution in [0.3, 0.4) is 0 Å². The van der Waals surface area contributed by atoms with Crippen LogP contribution in [-0.4, -0.2) is 13.0 Å². The van der Waals surface area contributed by atoms with Crippen molar-refractivity contribution in [2.75, 3.05) is 18.1 Å². The van der Waals surface area contributed by atoms with Crippen molar-refractivity contribution < 1.29 is 4.79 Å². The van der Waals surface area contributed by atoms with Crippen molar-refractivity contribution >= 4 is 23.0 Å². The number of benzene rings is 2. The van der Waals surface area contributed by atoms with Gasteiger partial charge in [0, 0.05) is 18.3 Å². The van der Waals surface area contributed by atoms with Crippen LogP contribution in [0.5, 0.6) is 0 Å². The second-order valence-electron chi connectivity index (χ2n) is 4.54. The average molecular weight is 280 g/mol. The summed E-state index contributed by atoms with van der Waals surface area (Å²) in [6, 6.07) is 14.7. The van der Waals surface area contributed by atoms with Gasteiger partial charge in [0.2, 0.25) is 0 Å². The highest BCUT2D eigenvalue weighted by atomic mass is 16.1. The number of hydrogen-bond donors (Lipinski definition) is 3. The zero-order valence-electron chi connectivity index (χ0n) is 11.7. The van der Waals surface area contributed by atoms with Gasteiger partial charge in [-0.25, -0.2) is 0 Å². The van der Waals surface area contributed by atoms with Crippen LogP contribution < -0.4 is 16.4 Å². The lowest BCUT2D eigenvalue weighted by atomic mass is 10.1. The normalized spacial score (nSPS) is 9.71. The monoisotopic (exact) mass is 280 g/mol. The van der Waals surface area contributed by atoms with E-state index in [0.717, 1.165) is 11.3 Å². The molecule has 0 radical (unpaired) electrons. The van der Waals surface area contributed by atoms with Crippen LogP contribution in [0, 0.1) is 11.3 Å². The highest BCUT2D eigenvalue weighted by molar-refractivity contribution is 5.96. The maximum atomic E-state index is 11.6. The largest absolute Gasteiger partial charge is 0.397 e. The van der Waals surface area contributed by atoms with Gasteiger partial charge in [-0.15, -0.1) is 0 Å². The minimum atomic E-state index is -0.164. The van der Waals surface area contributed by atoms with E-state index in [-0.39, 0.29) is 5.91 Å². The molecule has 0 aliphatic carbocycles. The van der Waals surface area contributed by atoms with Gasteiger partial charge in [0.15, 0.2) is 0 Å². The molecular weight excluding hydrogens is 264 g/mol. The number of nitrogen functional groups attached to an aromatic ring is 1. The SMILES string of the molecule is CNC(=O)c1ccc(N)c(Nc2ccc(CC#N)cc2)c1. The molecule has 0 aliphatic heterocycles. The summed E-state index contributed by atoms with van der Waals surface area (Å²) in [7, 11) is 1.58. The van der Waals surface area contributed by atoms with Crippen molar-refractivity contribution in [3.8, 4) is 6.07 Å². The van der Waals surface area contributed by atoms with Crippen LogP contribution in [0.2, 0.25) is 0 Å². The maximum absolute atomic E-state index is 11.6. The molecule has 0 bridgehead atoms. The molecule has 0 heterocycles. The lowest BCUT2D eigenvalue weighted by Gasteiger charge is -2.11. The Morgan fingerprint density at radius 3 is 2.57 bits per heavy atom. The summed E-state index contributed by atoms with van der Waals surface area (Å²) in [6.07, 6.45) is 0.384. The van der Waals surface area contributed by atoms with Gasteiger partial charge < -0.3 is 16.4 Å². The van der Waals surface area contributed by atoms with E-state index in [1.165, 1.54) is 0 Å². The van der Waals surface area contributed by atoms with Gasteiger partial charge in [-0.2, -0.15) is 5.26 Å². The van der Waals surface area contributed by atoms with E-state index in [2.05, 4.69) is 16.7 Å². The Balaban J connectivity index is 2.22. The molecule has 0 aliphatic rings. The highest BCUT2D eigenvalue weighted by Crippen LogP contribution is 2.24. The zero-order valence-corrected chi connectivity index (χ0v) is 11.7. The number of carbonyl (C=O) groups is 1. The molecule has 0 aromatic heterocycles. The number of amides is 1. The van der Waals surface area contributed by atoms with Crippen LogP contribution in [0.4, 0.5) is 17.1 Å². The topological polar surface area (TPSA) is 90.9 Å². The second kappa shape index (κ2) is 6.44. The van der Waals surface area contributed by atoms with Crippen molar-refractivity contribution in [1.29, 1.82) is 5.26 Å². The first-order valence-electron chi connectivity index (χ1n) is 6.48. The predicted molar refractivity (Wildman–Crippen MR) is 83.3 cm³/mol. The van der Waals surface area contributed by atoms with Crippen LogP contribution in [-0.2, 0) is 6.42 Å². The number of nitrogens with one attached hydrogen (secondary N) is 2. The summed E-state index contributed by atoms with van der Waals surface area (Å²) < 4.78 is 0. The number of nitrogens with zero attached hydrogens (tertiary/aromatic N) is 1. The molecule has 1 amide bonds. The van der Waals surface area contributed by atoms with E-state index >= 15 is 0 Å². The molecule has 21 heavy (non-hydrogen) atoms. The Morgan fingerprint density at radius 1 is 1.24 bits per heavy atom. The van der Waals surface area contributed by atoms with Crippen molar-refractivity contribution in [2.45, 2.75) is 6.42 Å². The molecule has 0 atom stereocenters. The summed E-state index contributed by atoms with van der Waals surface area (Å²) in [5.41, 5.74) is 9.48. The van der Waals surface area contributed by atoms with Gasteiger partial charge >= 0.3 is 0 Å². The lowest BCUT2D eigenvalue weighted by Crippen LogP contribution is -2.17. The number of anilines is 3. The first-order chi connectivity index (χ1) is 10.1. The van der Waals surface area contributed by atoms with Crippen LogP contribution in [0.15, 0.2) is 42.5 Å². The van der Waals surface area contributed by atoms with Gasteiger partial charge in [0.1, 0.15) is 0 Å². The van der Waals surface area contributed by atoms with E-state index in [9.17, 15) is 4.79 Å². The Kier molecular flexibility index (Phi) is 4.42. The van der Waals surface area contributed by atoms with E-state index in [4.69, 9.17) is 11.0 Å². The molecule has 106 valence electrons. The Hall–Kier alpha value is -3.00. The Bertz CT molecular complexity index is 686. The van der Waals surface area contributed by atoms with Crippen molar-refractivity contribution in [1.82, 2.24) is 5.32 Å². The molecule has 0 spiro atoms. The first kappa shape index (κ1) is 14.4. The quantitative estimate of drug-likeness (QED) is 0.750. The zero-order chi connectivity index (χ0) is 15.2. The standard InChI is InChI=1S/C16H16N4O/c1-19-16(21)12-4-7-14(18)15(10-12)20-13-5-2-11(3-6-13)8-9-17/h2-7,10,20H,8,18H2,1H3,(H,19,21). The molecular formula is C16H16N4O. The Labute approximate surface area is 123 Å². The fourth-order valence-electron chi connectivity index (χ4n) is 1.90. The number of nitrogens with two attached hydrogens (primary N) is 1. The van der Waals surface area contributed by atoms with Gasteiger partial charge in [-0.1, -0.05) is 12.1 Å². The Morgan fingerprint density at radius 2 is 1.95 bits per heavy atom. The number of hydrogen-bond acceptors (Lipinski definition) is 4. The third-order valence-electron chi connectivity index (χ3n) is 3.06. The summed E-state index contributed by atoms with van der Waals surface area (Å²) >= 11 is 0. The highest BCUT2D eigenvalue weighted by Gasteiger charge is 2.07. The van der Waals surface area contributed by atoms with E-state index < -0.39 is 0 Å². The van der Waals surface area contributed by atoms with Crippen molar-refractivity contribution in [3.05, 3.63) is 53.6 Å². The van der Waals surface area contributed by atoms with Crippen molar-refractivity contribution in [2.24, 2.45) is 0 Å². The van der Waals surface area contributed by atoms with Gasteiger partial charge in [0.05, 0.1) is 23.9 Å². The van der Waals surface area contributed by atoms with E-state index in [1.807, 2.05) is 24.3 Å². The molecule has 5 heteroatoms. The van der Waals surface area contributed by atoms with Crippen molar-refractivity contribution in [3.63, 3.8) is 0 Å².